The number of para-hydroxylation sites is 2. The smallest absolute Gasteiger partial charge is 0.259 e. The van der Waals surface area contributed by atoms with Gasteiger partial charge in [-0.2, -0.15) is 4.98 Å². The highest BCUT2D eigenvalue weighted by molar-refractivity contribution is 7.91. The summed E-state index contributed by atoms with van der Waals surface area (Å²) in [5, 5.41) is 7.09. The number of fused-ring (bicyclic) bond motifs is 3. The second kappa shape index (κ2) is 14.7. The first kappa shape index (κ1) is 36.7. The van der Waals surface area contributed by atoms with Crippen LogP contribution in [0, 0.1) is 5.92 Å². The van der Waals surface area contributed by atoms with Gasteiger partial charge in [0.05, 0.1) is 22.2 Å². The number of aromatic nitrogens is 2. The maximum Gasteiger partial charge on any atom is 0.259 e. The Hall–Kier alpha value is -5.30. The molecule has 4 aromatic rings. The fourth-order valence-electron chi connectivity index (χ4n) is 7.69. The summed E-state index contributed by atoms with van der Waals surface area (Å²) in [6.07, 6.45) is 8.47. The van der Waals surface area contributed by atoms with E-state index in [4.69, 9.17) is 14.7 Å². The van der Waals surface area contributed by atoms with E-state index in [0.717, 1.165) is 36.9 Å². The summed E-state index contributed by atoms with van der Waals surface area (Å²) in [5.74, 6) is -1.11. The molecule has 1 aromatic heterocycles. The highest BCUT2D eigenvalue weighted by atomic mass is 32.2. The van der Waals surface area contributed by atoms with E-state index in [2.05, 4.69) is 15.4 Å². The van der Waals surface area contributed by atoms with Crippen molar-refractivity contribution in [1.29, 1.82) is 0 Å². The molecule has 13 heteroatoms. The van der Waals surface area contributed by atoms with Crippen LogP contribution in [0.2, 0.25) is 0 Å². The number of carbonyl (C=O) groups excluding carboxylic acids is 3. The Morgan fingerprint density at radius 1 is 0.927 bits per heavy atom. The van der Waals surface area contributed by atoms with Gasteiger partial charge in [0.15, 0.2) is 5.82 Å². The van der Waals surface area contributed by atoms with Gasteiger partial charge in [-0.1, -0.05) is 85.7 Å². The quantitative estimate of drug-likeness (QED) is 0.197. The molecule has 1 saturated heterocycles. The minimum absolute atomic E-state index is 0.0954. The van der Waals surface area contributed by atoms with Crippen LogP contribution >= 0.6 is 0 Å². The lowest BCUT2D eigenvalue weighted by atomic mass is 10.0. The molecule has 55 heavy (non-hydrogen) atoms. The van der Waals surface area contributed by atoms with Crippen LogP contribution in [-0.4, -0.2) is 76.0 Å². The Kier molecular flexibility index (Phi) is 9.83. The average Bonchev–Trinajstić information content (AvgIpc) is 4.07. The van der Waals surface area contributed by atoms with Gasteiger partial charge in [-0.15, -0.1) is 0 Å². The van der Waals surface area contributed by atoms with Gasteiger partial charge >= 0.3 is 0 Å². The van der Waals surface area contributed by atoms with E-state index in [1.54, 1.807) is 11.8 Å². The number of nitrogens with zero attached hydrogens (tertiary/aromatic N) is 3. The van der Waals surface area contributed by atoms with Gasteiger partial charge in [-0.25, -0.2) is 13.4 Å². The van der Waals surface area contributed by atoms with Crippen LogP contribution in [0.15, 0.2) is 97.1 Å². The summed E-state index contributed by atoms with van der Waals surface area (Å²) in [5.41, 5.74) is 0.832. The Morgan fingerprint density at radius 3 is 2.42 bits per heavy atom. The third-order valence-electron chi connectivity index (χ3n) is 11.5. The van der Waals surface area contributed by atoms with E-state index < -0.39 is 56.2 Å². The third kappa shape index (κ3) is 7.54. The number of ether oxygens (including phenoxy) is 1. The van der Waals surface area contributed by atoms with Gasteiger partial charge in [0.25, 0.3) is 5.91 Å². The molecular weight excluding hydrogens is 717 g/mol. The second-order valence-electron chi connectivity index (χ2n) is 15.5. The standard InChI is InChI=1S/C42H46N6O6S/c1-41(23-24-41)55(52,53)47-40(51)42-26-29(42)17-9-3-2-4-12-22-34(43-30-18-10-6-11-19-30)39(50)48-27-31(25-35(48)37(49)46-42)54-38-32-20-13-14-21-33(32)44-36(45-38)28-15-7-5-8-16-28/h5-11,13-21,29,31,34-35,43H,2-4,12,22-27H2,1H3,(H,46,49)(H,47,51)/b17-9-/t29-,31+,34-,35-,42+/m0/s1. The minimum atomic E-state index is -3.96. The zero-order chi connectivity index (χ0) is 38.2. The summed E-state index contributed by atoms with van der Waals surface area (Å²) in [6.45, 7) is 1.71. The molecule has 5 atom stereocenters. The van der Waals surface area contributed by atoms with Crippen molar-refractivity contribution in [2.45, 2.75) is 93.2 Å². The Morgan fingerprint density at radius 2 is 1.65 bits per heavy atom. The number of anilines is 1. The van der Waals surface area contributed by atoms with E-state index in [0.29, 0.717) is 41.9 Å². The van der Waals surface area contributed by atoms with E-state index >= 15 is 0 Å². The molecule has 2 aliphatic heterocycles. The highest BCUT2D eigenvalue weighted by Gasteiger charge is 2.63. The van der Waals surface area contributed by atoms with Crippen LogP contribution in [0.4, 0.5) is 5.69 Å². The monoisotopic (exact) mass is 762 g/mol. The predicted molar refractivity (Wildman–Crippen MR) is 209 cm³/mol. The Balaban J connectivity index is 1.13. The van der Waals surface area contributed by atoms with Crippen molar-refractivity contribution in [2.24, 2.45) is 5.92 Å². The largest absolute Gasteiger partial charge is 0.472 e. The Labute approximate surface area is 321 Å². The van der Waals surface area contributed by atoms with Crippen molar-refractivity contribution in [2.75, 3.05) is 11.9 Å². The predicted octanol–water partition coefficient (Wildman–Crippen LogP) is 5.52. The van der Waals surface area contributed by atoms with Gasteiger partial charge in [-0.05, 0) is 69.7 Å². The molecule has 12 nitrogen and oxygen atoms in total. The fraction of sp³-hybridized carbons (Fsp3) is 0.405. The lowest BCUT2D eigenvalue weighted by molar-refractivity contribution is -0.140. The fourth-order valence-corrected chi connectivity index (χ4v) is 9.01. The average molecular weight is 763 g/mol. The van der Waals surface area contributed by atoms with Crippen molar-refractivity contribution < 1.29 is 27.5 Å². The molecule has 8 rings (SSSR count). The first-order valence-corrected chi connectivity index (χ1v) is 20.7. The zero-order valence-corrected chi connectivity index (χ0v) is 31.6. The first-order valence-electron chi connectivity index (χ1n) is 19.2. The van der Waals surface area contributed by atoms with Gasteiger partial charge in [0.2, 0.25) is 27.7 Å². The number of allylic oxidation sites excluding steroid dienone is 1. The van der Waals surface area contributed by atoms with Gasteiger partial charge in [0, 0.05) is 23.6 Å². The topological polar surface area (TPSA) is 160 Å². The number of nitrogens with one attached hydrogen (secondary N) is 3. The maximum absolute atomic E-state index is 14.7. The maximum atomic E-state index is 14.7. The molecule has 3 amide bonds. The van der Waals surface area contributed by atoms with Crippen LogP contribution in [0.3, 0.4) is 0 Å². The van der Waals surface area contributed by atoms with Crippen LogP contribution in [0.1, 0.15) is 64.7 Å². The highest BCUT2D eigenvalue weighted by Crippen LogP contribution is 2.47. The van der Waals surface area contributed by atoms with E-state index in [1.165, 1.54) is 0 Å². The van der Waals surface area contributed by atoms with Crippen LogP contribution < -0.4 is 20.1 Å². The first-order chi connectivity index (χ1) is 26.6. The summed E-state index contributed by atoms with van der Waals surface area (Å²) < 4.78 is 34.3. The second-order valence-corrected chi connectivity index (χ2v) is 17.7. The van der Waals surface area contributed by atoms with E-state index in [1.807, 2.05) is 97.1 Å². The molecule has 0 bridgehead atoms. The minimum Gasteiger partial charge on any atom is -0.472 e. The molecule has 2 saturated carbocycles. The van der Waals surface area contributed by atoms with Crippen molar-refractivity contribution in [3.8, 4) is 17.3 Å². The summed E-state index contributed by atoms with van der Waals surface area (Å²) in [6, 6.07) is 25.0. The molecule has 0 radical (unpaired) electrons. The summed E-state index contributed by atoms with van der Waals surface area (Å²) in [7, 11) is -3.96. The number of rotatable bonds is 8. The molecule has 4 aliphatic rings. The normalized spacial score (nSPS) is 27.0. The van der Waals surface area contributed by atoms with Crippen molar-refractivity contribution in [1.82, 2.24) is 24.9 Å². The molecule has 2 aliphatic carbocycles. The SMILES string of the molecule is CC1(S(=O)(=O)NC(=O)[C@@]23C[C@@H]2/C=C\CCCCC[C@H](Nc2ccccc2)C(=O)N2C[C@H](Oc4nc(-c5ccccc5)nc5ccccc45)C[C@H]2C(=O)N3)CC1. The number of sulfonamides is 1. The van der Waals surface area contributed by atoms with Crippen LogP contribution in [-0.2, 0) is 24.4 Å². The van der Waals surface area contributed by atoms with Gasteiger partial charge < -0.3 is 20.3 Å². The van der Waals surface area contributed by atoms with Crippen molar-refractivity contribution in [3.63, 3.8) is 0 Å². The number of hydrogen-bond donors (Lipinski definition) is 3. The molecule has 3 N–H and O–H groups in total. The van der Waals surface area contributed by atoms with Crippen LogP contribution in [0.25, 0.3) is 22.3 Å². The van der Waals surface area contributed by atoms with Crippen LogP contribution in [0.5, 0.6) is 5.88 Å². The van der Waals surface area contributed by atoms with Crippen molar-refractivity contribution >= 4 is 44.3 Å². The molecule has 3 aromatic carbocycles. The number of amides is 3. The number of benzene rings is 3. The molecule has 3 heterocycles. The van der Waals surface area contributed by atoms with E-state index in [9.17, 15) is 22.8 Å². The molecule has 0 spiro atoms. The van der Waals surface area contributed by atoms with Crippen molar-refractivity contribution in [3.05, 3.63) is 97.1 Å². The third-order valence-corrected chi connectivity index (χ3v) is 13.6. The van der Waals surface area contributed by atoms with Gasteiger partial charge in [0.1, 0.15) is 23.7 Å². The number of hydrogen-bond acceptors (Lipinski definition) is 9. The summed E-state index contributed by atoms with van der Waals surface area (Å²) >= 11 is 0. The lowest BCUT2D eigenvalue weighted by Crippen LogP contribution is -2.58. The summed E-state index contributed by atoms with van der Waals surface area (Å²) in [4.78, 5) is 54.3. The lowest BCUT2D eigenvalue weighted by Gasteiger charge is -2.30. The molecule has 3 fully saturated rings. The molecule has 286 valence electrons. The van der Waals surface area contributed by atoms with E-state index in [-0.39, 0.29) is 25.3 Å². The molecular formula is C42H46N6O6S. The molecule has 0 unspecified atom stereocenters. The Bertz CT molecular complexity index is 2230. The van der Waals surface area contributed by atoms with Gasteiger partial charge in [-0.3, -0.25) is 19.1 Å². The number of carbonyl (C=O) groups is 3. The zero-order valence-electron chi connectivity index (χ0n) is 30.8.